The number of carbonyl (C=O) groups is 2. The molecular weight excluding hydrogens is 256 g/mol. The number of hydrogen-bond donors (Lipinski definition) is 1. The minimum atomic E-state index is -0.262. The molecule has 0 atom stereocenters. The van der Waals surface area contributed by atoms with Crippen molar-refractivity contribution in [3.8, 4) is 5.75 Å². The van der Waals surface area contributed by atoms with E-state index in [0.717, 1.165) is 11.3 Å². The SMILES string of the molecule is COc1ccccc1CC(=O)N1CCC(C(N)=O)CC1. The van der Waals surface area contributed by atoms with Crippen molar-refractivity contribution >= 4 is 11.8 Å². The first-order valence-electron chi connectivity index (χ1n) is 6.80. The molecule has 0 bridgehead atoms. The van der Waals surface area contributed by atoms with Gasteiger partial charge in [-0.15, -0.1) is 0 Å². The number of piperidine rings is 1. The van der Waals surface area contributed by atoms with Crippen LogP contribution in [0.4, 0.5) is 0 Å². The quantitative estimate of drug-likeness (QED) is 0.890. The van der Waals surface area contributed by atoms with Gasteiger partial charge in [0, 0.05) is 24.6 Å². The first-order chi connectivity index (χ1) is 9.61. The lowest BCUT2D eigenvalue weighted by Crippen LogP contribution is -2.42. The van der Waals surface area contributed by atoms with Crippen molar-refractivity contribution in [2.75, 3.05) is 20.2 Å². The second-order valence-electron chi connectivity index (χ2n) is 5.05. The largest absolute Gasteiger partial charge is 0.496 e. The van der Waals surface area contributed by atoms with Crippen molar-refractivity contribution in [2.24, 2.45) is 11.7 Å². The zero-order valence-corrected chi connectivity index (χ0v) is 11.7. The van der Waals surface area contributed by atoms with Gasteiger partial charge >= 0.3 is 0 Å². The predicted molar refractivity (Wildman–Crippen MR) is 75.2 cm³/mol. The van der Waals surface area contributed by atoms with Gasteiger partial charge in [-0.25, -0.2) is 0 Å². The summed E-state index contributed by atoms with van der Waals surface area (Å²) in [4.78, 5) is 25.2. The van der Waals surface area contributed by atoms with Crippen molar-refractivity contribution in [2.45, 2.75) is 19.3 Å². The molecule has 0 spiro atoms. The number of likely N-dealkylation sites (tertiary alicyclic amines) is 1. The van der Waals surface area contributed by atoms with Gasteiger partial charge in [0.05, 0.1) is 13.5 Å². The number of nitrogens with zero attached hydrogens (tertiary/aromatic N) is 1. The van der Waals surface area contributed by atoms with Gasteiger partial charge in [-0.2, -0.15) is 0 Å². The molecular formula is C15H20N2O3. The van der Waals surface area contributed by atoms with E-state index in [0.29, 0.717) is 32.4 Å². The topological polar surface area (TPSA) is 72.6 Å². The van der Waals surface area contributed by atoms with Crippen LogP contribution in [0.5, 0.6) is 5.75 Å². The van der Waals surface area contributed by atoms with Gasteiger partial charge in [-0.3, -0.25) is 9.59 Å². The molecule has 1 heterocycles. The Labute approximate surface area is 118 Å². The summed E-state index contributed by atoms with van der Waals surface area (Å²) in [5.41, 5.74) is 6.18. The standard InChI is InChI=1S/C15H20N2O3/c1-20-13-5-3-2-4-12(13)10-14(18)17-8-6-11(7-9-17)15(16)19/h2-5,11H,6-10H2,1H3,(H2,16,19). The van der Waals surface area contributed by atoms with Gasteiger partial charge < -0.3 is 15.4 Å². The highest BCUT2D eigenvalue weighted by atomic mass is 16.5. The van der Waals surface area contributed by atoms with Crippen LogP contribution in [0.2, 0.25) is 0 Å². The van der Waals surface area contributed by atoms with Crippen LogP contribution in [-0.2, 0) is 16.0 Å². The fourth-order valence-electron chi connectivity index (χ4n) is 2.54. The third-order valence-electron chi connectivity index (χ3n) is 3.78. The predicted octanol–water partition coefficient (Wildman–Crippen LogP) is 0.962. The molecule has 0 aliphatic carbocycles. The molecule has 0 unspecified atom stereocenters. The number of benzene rings is 1. The lowest BCUT2D eigenvalue weighted by Gasteiger charge is -2.30. The van der Waals surface area contributed by atoms with Crippen LogP contribution in [0, 0.1) is 5.92 Å². The van der Waals surface area contributed by atoms with Gasteiger partial charge in [0.1, 0.15) is 5.75 Å². The Kier molecular flexibility index (Phi) is 4.61. The molecule has 0 radical (unpaired) electrons. The Bertz CT molecular complexity index is 494. The second kappa shape index (κ2) is 6.41. The smallest absolute Gasteiger partial charge is 0.227 e. The number of hydrogen-bond acceptors (Lipinski definition) is 3. The van der Waals surface area contributed by atoms with Crippen LogP contribution in [0.1, 0.15) is 18.4 Å². The van der Waals surface area contributed by atoms with Crippen LogP contribution in [0.25, 0.3) is 0 Å². The number of primary amides is 1. The van der Waals surface area contributed by atoms with Crippen molar-refractivity contribution in [1.29, 1.82) is 0 Å². The minimum Gasteiger partial charge on any atom is -0.496 e. The zero-order chi connectivity index (χ0) is 14.5. The van der Waals surface area contributed by atoms with E-state index >= 15 is 0 Å². The van der Waals surface area contributed by atoms with Crippen LogP contribution in [0.15, 0.2) is 24.3 Å². The minimum absolute atomic E-state index is 0.0671. The van der Waals surface area contributed by atoms with Gasteiger partial charge in [-0.1, -0.05) is 18.2 Å². The van der Waals surface area contributed by atoms with Gasteiger partial charge in [0.15, 0.2) is 0 Å². The van der Waals surface area contributed by atoms with E-state index in [1.54, 1.807) is 12.0 Å². The summed E-state index contributed by atoms with van der Waals surface area (Å²) < 4.78 is 5.25. The molecule has 20 heavy (non-hydrogen) atoms. The average Bonchev–Trinajstić information content (AvgIpc) is 2.48. The fraction of sp³-hybridized carbons (Fsp3) is 0.467. The van der Waals surface area contributed by atoms with Gasteiger partial charge in [-0.05, 0) is 18.9 Å². The third-order valence-corrected chi connectivity index (χ3v) is 3.78. The molecule has 0 aromatic heterocycles. The lowest BCUT2D eigenvalue weighted by atomic mass is 9.96. The molecule has 2 rings (SSSR count). The van der Waals surface area contributed by atoms with Gasteiger partial charge in [0.25, 0.3) is 0 Å². The highest BCUT2D eigenvalue weighted by Crippen LogP contribution is 2.21. The lowest BCUT2D eigenvalue weighted by molar-refractivity contribution is -0.134. The van der Waals surface area contributed by atoms with Crippen LogP contribution < -0.4 is 10.5 Å². The molecule has 2 amide bonds. The van der Waals surface area contributed by atoms with E-state index in [1.807, 2.05) is 24.3 Å². The molecule has 0 saturated carbocycles. The summed E-state index contributed by atoms with van der Waals surface area (Å²) >= 11 is 0. The number of carbonyl (C=O) groups excluding carboxylic acids is 2. The Morgan fingerprint density at radius 2 is 1.95 bits per heavy atom. The maximum atomic E-state index is 12.3. The highest BCUT2D eigenvalue weighted by molar-refractivity contribution is 5.80. The summed E-state index contributed by atoms with van der Waals surface area (Å²) in [6, 6.07) is 7.52. The maximum Gasteiger partial charge on any atom is 0.227 e. The van der Waals surface area contributed by atoms with E-state index < -0.39 is 0 Å². The molecule has 108 valence electrons. The van der Waals surface area contributed by atoms with E-state index in [4.69, 9.17) is 10.5 Å². The second-order valence-corrected chi connectivity index (χ2v) is 5.05. The van der Waals surface area contributed by atoms with Crippen LogP contribution in [0.3, 0.4) is 0 Å². The first kappa shape index (κ1) is 14.4. The third kappa shape index (κ3) is 3.29. The number of ether oxygens (including phenoxy) is 1. The Hall–Kier alpha value is -2.04. The number of methoxy groups -OCH3 is 1. The fourth-order valence-corrected chi connectivity index (χ4v) is 2.54. The summed E-state index contributed by atoms with van der Waals surface area (Å²) in [6.45, 7) is 1.20. The highest BCUT2D eigenvalue weighted by Gasteiger charge is 2.26. The van der Waals surface area contributed by atoms with Crippen molar-refractivity contribution in [1.82, 2.24) is 4.90 Å². The molecule has 5 nitrogen and oxygen atoms in total. The number of rotatable bonds is 4. The number of amides is 2. The summed E-state index contributed by atoms with van der Waals surface area (Å²) in [6.07, 6.45) is 1.64. The molecule has 1 saturated heterocycles. The van der Waals surface area contributed by atoms with Crippen molar-refractivity contribution in [3.63, 3.8) is 0 Å². The summed E-state index contributed by atoms with van der Waals surface area (Å²) in [5, 5.41) is 0. The Balaban J connectivity index is 1.94. The van der Waals surface area contributed by atoms with E-state index in [1.165, 1.54) is 0 Å². The summed E-state index contributed by atoms with van der Waals surface area (Å²) in [7, 11) is 1.60. The summed E-state index contributed by atoms with van der Waals surface area (Å²) in [5.74, 6) is 0.442. The zero-order valence-electron chi connectivity index (χ0n) is 11.7. The van der Waals surface area contributed by atoms with Crippen LogP contribution in [-0.4, -0.2) is 36.9 Å². The molecule has 1 aliphatic heterocycles. The molecule has 1 fully saturated rings. The molecule has 1 aromatic carbocycles. The molecule has 2 N–H and O–H groups in total. The molecule has 5 heteroatoms. The molecule has 1 aliphatic rings. The Morgan fingerprint density at radius 1 is 1.30 bits per heavy atom. The average molecular weight is 276 g/mol. The first-order valence-corrected chi connectivity index (χ1v) is 6.80. The number of nitrogens with two attached hydrogens (primary N) is 1. The van der Waals surface area contributed by atoms with E-state index in [2.05, 4.69) is 0 Å². The molecule has 1 aromatic rings. The normalized spacial score (nSPS) is 15.9. The van der Waals surface area contributed by atoms with E-state index in [-0.39, 0.29) is 17.7 Å². The maximum absolute atomic E-state index is 12.3. The van der Waals surface area contributed by atoms with Crippen molar-refractivity contribution in [3.05, 3.63) is 29.8 Å². The van der Waals surface area contributed by atoms with Crippen molar-refractivity contribution < 1.29 is 14.3 Å². The van der Waals surface area contributed by atoms with Gasteiger partial charge in [0.2, 0.25) is 11.8 Å². The monoisotopic (exact) mass is 276 g/mol. The Morgan fingerprint density at radius 3 is 2.55 bits per heavy atom. The van der Waals surface area contributed by atoms with E-state index in [9.17, 15) is 9.59 Å². The number of para-hydroxylation sites is 1. The van der Waals surface area contributed by atoms with Crippen LogP contribution >= 0.6 is 0 Å².